The lowest BCUT2D eigenvalue weighted by molar-refractivity contribution is -0.141. The number of carboxylic acids is 1. The first-order valence-electron chi connectivity index (χ1n) is 9.86. The maximum Gasteiger partial charge on any atom is 0.308 e. The first kappa shape index (κ1) is 20.1. The van der Waals surface area contributed by atoms with Gasteiger partial charge in [-0.1, -0.05) is 44.2 Å². The van der Waals surface area contributed by atoms with E-state index in [1.165, 1.54) is 0 Å². The van der Waals surface area contributed by atoms with E-state index in [1.807, 2.05) is 48.9 Å². The van der Waals surface area contributed by atoms with Crippen molar-refractivity contribution in [1.82, 2.24) is 14.7 Å². The average molecular weight is 383 g/mol. The molecule has 0 radical (unpaired) electrons. The highest BCUT2D eigenvalue weighted by Crippen LogP contribution is 2.33. The molecule has 6 nitrogen and oxygen atoms in total. The average Bonchev–Trinajstić information content (AvgIpc) is 3.20. The molecule has 28 heavy (non-hydrogen) atoms. The Morgan fingerprint density at radius 3 is 2.46 bits per heavy atom. The van der Waals surface area contributed by atoms with E-state index in [9.17, 15) is 14.7 Å². The molecule has 2 atom stereocenters. The van der Waals surface area contributed by atoms with Crippen molar-refractivity contribution in [2.45, 2.75) is 46.6 Å². The summed E-state index contributed by atoms with van der Waals surface area (Å²) in [6.07, 6.45) is 0.267. The Hall–Kier alpha value is -2.63. The minimum atomic E-state index is -0.846. The topological polar surface area (TPSA) is 75.4 Å². The van der Waals surface area contributed by atoms with Crippen molar-refractivity contribution < 1.29 is 14.7 Å². The zero-order valence-electron chi connectivity index (χ0n) is 17.1. The maximum absolute atomic E-state index is 13.0. The normalized spacial score (nSPS) is 19.4. The molecule has 0 aliphatic carbocycles. The first-order valence-corrected chi connectivity index (χ1v) is 9.86. The number of carboxylic acid groups (broad SMARTS) is 1. The van der Waals surface area contributed by atoms with E-state index >= 15 is 0 Å². The third-order valence-corrected chi connectivity index (χ3v) is 5.61. The van der Waals surface area contributed by atoms with Crippen molar-refractivity contribution in [2.75, 3.05) is 13.1 Å². The van der Waals surface area contributed by atoms with Gasteiger partial charge in [-0.05, 0) is 25.3 Å². The van der Waals surface area contributed by atoms with Gasteiger partial charge < -0.3 is 10.0 Å². The van der Waals surface area contributed by atoms with E-state index in [4.69, 9.17) is 0 Å². The first-order chi connectivity index (χ1) is 13.3. The third-order valence-electron chi connectivity index (χ3n) is 5.61. The lowest BCUT2D eigenvalue weighted by Gasteiger charge is -2.17. The number of likely N-dealkylation sites (tertiary alicyclic amines) is 1. The van der Waals surface area contributed by atoms with Crippen LogP contribution in [0, 0.1) is 25.7 Å². The van der Waals surface area contributed by atoms with Crippen LogP contribution in [0.15, 0.2) is 30.3 Å². The molecule has 0 bridgehead atoms. The van der Waals surface area contributed by atoms with Gasteiger partial charge in [0.15, 0.2) is 0 Å². The molecule has 0 saturated carbocycles. The molecule has 2 aromatic rings. The van der Waals surface area contributed by atoms with Gasteiger partial charge in [0.25, 0.3) is 0 Å². The molecule has 1 aliphatic rings. The molecular formula is C22H29N3O3. The molecule has 2 heterocycles. The minimum absolute atomic E-state index is 0.0278. The molecular weight excluding hydrogens is 354 g/mol. The Kier molecular flexibility index (Phi) is 5.87. The summed E-state index contributed by atoms with van der Waals surface area (Å²) in [7, 11) is 0. The summed E-state index contributed by atoms with van der Waals surface area (Å²) in [6, 6.07) is 9.62. The van der Waals surface area contributed by atoms with Crippen LogP contribution >= 0.6 is 0 Å². The lowest BCUT2D eigenvalue weighted by Crippen LogP contribution is -2.31. The van der Waals surface area contributed by atoms with Crippen LogP contribution in [0.3, 0.4) is 0 Å². The van der Waals surface area contributed by atoms with Gasteiger partial charge in [-0.2, -0.15) is 5.10 Å². The van der Waals surface area contributed by atoms with E-state index in [2.05, 4.69) is 18.9 Å². The SMILES string of the molecule is Cc1nn(CC(C)C)c(C)c1CC(=O)N1C[C@H](C(=O)O)[C@H](c2ccccc2)C1. The number of hydrogen-bond acceptors (Lipinski definition) is 3. The van der Waals surface area contributed by atoms with Crippen molar-refractivity contribution in [3.63, 3.8) is 0 Å². The van der Waals surface area contributed by atoms with Gasteiger partial charge in [0.1, 0.15) is 0 Å². The number of aliphatic carboxylic acids is 1. The van der Waals surface area contributed by atoms with Crippen LogP contribution in [0.25, 0.3) is 0 Å². The number of aryl methyl sites for hydroxylation is 1. The molecule has 1 N–H and O–H groups in total. The number of aromatic nitrogens is 2. The Balaban J connectivity index is 1.77. The second-order valence-electron chi connectivity index (χ2n) is 8.16. The van der Waals surface area contributed by atoms with E-state index in [-0.39, 0.29) is 24.8 Å². The van der Waals surface area contributed by atoms with Gasteiger partial charge in [0, 0.05) is 36.8 Å². The van der Waals surface area contributed by atoms with Gasteiger partial charge >= 0.3 is 5.97 Å². The fourth-order valence-corrected chi connectivity index (χ4v) is 4.07. The van der Waals surface area contributed by atoms with Crippen molar-refractivity contribution in [3.8, 4) is 0 Å². The van der Waals surface area contributed by atoms with Gasteiger partial charge in [0.2, 0.25) is 5.91 Å². The quantitative estimate of drug-likeness (QED) is 0.832. The number of benzene rings is 1. The Morgan fingerprint density at radius 1 is 1.18 bits per heavy atom. The summed E-state index contributed by atoms with van der Waals surface area (Å²) in [5, 5.41) is 14.2. The standard InChI is InChI=1S/C22H29N3O3/c1-14(2)11-25-16(4)18(15(3)23-25)10-21(26)24-12-19(20(13-24)22(27)28)17-8-6-5-7-9-17/h5-9,14,19-20H,10-13H2,1-4H3,(H,27,28)/t19-,20-/m0/s1. The van der Waals surface area contributed by atoms with Crippen LogP contribution in [0.1, 0.15) is 42.3 Å². The molecule has 1 fully saturated rings. The Bertz CT molecular complexity index is 857. The number of carbonyl (C=O) groups excluding carboxylic acids is 1. The fourth-order valence-electron chi connectivity index (χ4n) is 4.07. The van der Waals surface area contributed by atoms with Crippen molar-refractivity contribution in [1.29, 1.82) is 0 Å². The van der Waals surface area contributed by atoms with E-state index < -0.39 is 11.9 Å². The van der Waals surface area contributed by atoms with E-state index in [0.29, 0.717) is 12.5 Å². The van der Waals surface area contributed by atoms with E-state index in [0.717, 1.165) is 29.1 Å². The smallest absolute Gasteiger partial charge is 0.308 e. The predicted molar refractivity (Wildman–Crippen MR) is 107 cm³/mol. The molecule has 1 aromatic carbocycles. The van der Waals surface area contributed by atoms with Crippen LogP contribution < -0.4 is 0 Å². The molecule has 3 rings (SSSR count). The van der Waals surface area contributed by atoms with E-state index in [1.54, 1.807) is 4.90 Å². The molecule has 0 spiro atoms. The van der Waals surface area contributed by atoms with Gasteiger partial charge in [0.05, 0.1) is 18.0 Å². The highest BCUT2D eigenvalue weighted by Gasteiger charge is 2.40. The minimum Gasteiger partial charge on any atom is -0.481 e. The number of carbonyl (C=O) groups is 2. The summed E-state index contributed by atoms with van der Waals surface area (Å²) < 4.78 is 1.97. The largest absolute Gasteiger partial charge is 0.481 e. The fraction of sp³-hybridized carbons (Fsp3) is 0.500. The molecule has 1 amide bonds. The third kappa shape index (κ3) is 4.11. The monoisotopic (exact) mass is 383 g/mol. The second-order valence-corrected chi connectivity index (χ2v) is 8.16. The number of amides is 1. The Labute approximate surface area is 166 Å². The molecule has 1 aliphatic heterocycles. The number of nitrogens with zero attached hydrogens (tertiary/aromatic N) is 3. The van der Waals surface area contributed by atoms with Gasteiger partial charge in [-0.25, -0.2) is 0 Å². The highest BCUT2D eigenvalue weighted by molar-refractivity contribution is 5.82. The molecule has 0 unspecified atom stereocenters. The predicted octanol–water partition coefficient (Wildman–Crippen LogP) is 3.03. The number of rotatable bonds is 6. The van der Waals surface area contributed by atoms with Crippen LogP contribution in [0.2, 0.25) is 0 Å². The van der Waals surface area contributed by atoms with Crippen LogP contribution in [-0.4, -0.2) is 44.8 Å². The van der Waals surface area contributed by atoms with Gasteiger partial charge in [-0.3, -0.25) is 14.3 Å². The molecule has 1 saturated heterocycles. The summed E-state index contributed by atoms with van der Waals surface area (Å²) in [4.78, 5) is 26.5. The van der Waals surface area contributed by atoms with Crippen LogP contribution in [-0.2, 0) is 22.6 Å². The summed E-state index contributed by atoms with van der Waals surface area (Å²) >= 11 is 0. The second kappa shape index (κ2) is 8.17. The van der Waals surface area contributed by atoms with Crippen molar-refractivity contribution in [2.24, 2.45) is 11.8 Å². The summed E-state index contributed by atoms with van der Waals surface area (Å²) in [6.45, 7) is 9.74. The molecule has 150 valence electrons. The zero-order chi connectivity index (χ0) is 20.4. The summed E-state index contributed by atoms with van der Waals surface area (Å²) in [5.74, 6) is -1.14. The summed E-state index contributed by atoms with van der Waals surface area (Å²) in [5.41, 5.74) is 3.83. The van der Waals surface area contributed by atoms with Gasteiger partial charge in [-0.15, -0.1) is 0 Å². The van der Waals surface area contributed by atoms with Crippen LogP contribution in [0.4, 0.5) is 0 Å². The highest BCUT2D eigenvalue weighted by atomic mass is 16.4. The van der Waals surface area contributed by atoms with Crippen molar-refractivity contribution >= 4 is 11.9 Å². The lowest BCUT2D eigenvalue weighted by atomic mass is 9.89. The maximum atomic E-state index is 13.0. The van der Waals surface area contributed by atoms with Crippen molar-refractivity contribution in [3.05, 3.63) is 52.8 Å². The van der Waals surface area contributed by atoms with Crippen LogP contribution in [0.5, 0.6) is 0 Å². The Morgan fingerprint density at radius 2 is 1.86 bits per heavy atom. The zero-order valence-corrected chi connectivity index (χ0v) is 17.1. The number of hydrogen-bond donors (Lipinski definition) is 1. The molecule has 1 aromatic heterocycles. The molecule has 6 heteroatoms.